The van der Waals surface area contributed by atoms with Gasteiger partial charge in [0.2, 0.25) is 0 Å². The van der Waals surface area contributed by atoms with Crippen LogP contribution in [0.15, 0.2) is 29.1 Å². The van der Waals surface area contributed by atoms with E-state index in [2.05, 4.69) is 17.3 Å². The summed E-state index contributed by atoms with van der Waals surface area (Å²) in [7, 11) is 0. The maximum absolute atomic E-state index is 12.0. The van der Waals surface area contributed by atoms with Gasteiger partial charge >= 0.3 is 0 Å². The minimum absolute atomic E-state index is 0.0912. The molecule has 0 unspecified atom stereocenters. The fourth-order valence-electron chi connectivity index (χ4n) is 2.02. The minimum Gasteiger partial charge on any atom is -0.506 e. The maximum atomic E-state index is 12.0. The molecule has 0 spiro atoms. The molecule has 1 heterocycles. The number of hydrogen-bond acceptors (Lipinski definition) is 4. The molecule has 112 valence electrons. The van der Waals surface area contributed by atoms with Crippen LogP contribution in [0, 0.1) is 6.92 Å². The van der Waals surface area contributed by atoms with Crippen molar-refractivity contribution in [2.45, 2.75) is 26.8 Å². The second-order valence-electron chi connectivity index (χ2n) is 4.83. The molecule has 0 saturated heterocycles. The van der Waals surface area contributed by atoms with Gasteiger partial charge in [0.1, 0.15) is 11.4 Å². The van der Waals surface area contributed by atoms with Gasteiger partial charge in [-0.15, -0.1) is 0 Å². The summed E-state index contributed by atoms with van der Waals surface area (Å²) in [6.45, 7) is 5.14. The lowest BCUT2D eigenvalue weighted by atomic mass is 10.2. The third-order valence-corrected chi connectivity index (χ3v) is 3.33. The summed E-state index contributed by atoms with van der Waals surface area (Å²) in [5.74, 6) is -0.0912. The quantitative estimate of drug-likeness (QED) is 0.832. The van der Waals surface area contributed by atoms with Crippen molar-refractivity contribution in [3.63, 3.8) is 0 Å². The molecule has 0 aliphatic carbocycles. The summed E-state index contributed by atoms with van der Waals surface area (Å²) >= 11 is 5.93. The molecule has 0 atom stereocenters. The Morgan fingerprint density at radius 3 is 2.81 bits per heavy atom. The Morgan fingerprint density at radius 1 is 1.38 bits per heavy atom. The van der Waals surface area contributed by atoms with Gasteiger partial charge in [-0.05, 0) is 43.7 Å². The Morgan fingerprint density at radius 2 is 2.14 bits per heavy atom. The van der Waals surface area contributed by atoms with E-state index in [-0.39, 0.29) is 11.3 Å². The lowest BCUT2D eigenvalue weighted by molar-refractivity contribution is 0.451. The van der Waals surface area contributed by atoms with E-state index in [0.717, 1.165) is 18.5 Å². The summed E-state index contributed by atoms with van der Waals surface area (Å²) in [5.41, 5.74) is 1.56. The van der Waals surface area contributed by atoms with Crippen LogP contribution < -0.4 is 10.9 Å². The molecule has 21 heavy (non-hydrogen) atoms. The van der Waals surface area contributed by atoms with Gasteiger partial charge in [-0.25, -0.2) is 0 Å². The third-order valence-electron chi connectivity index (χ3n) is 3.09. The highest BCUT2D eigenvalue weighted by Crippen LogP contribution is 2.18. The van der Waals surface area contributed by atoms with Crippen LogP contribution >= 0.6 is 11.6 Å². The largest absolute Gasteiger partial charge is 0.506 e. The maximum Gasteiger partial charge on any atom is 0.275 e. The second-order valence-corrected chi connectivity index (χ2v) is 5.27. The average Bonchev–Trinajstić information content (AvgIpc) is 2.42. The van der Waals surface area contributed by atoms with Crippen molar-refractivity contribution in [3.05, 3.63) is 50.9 Å². The first-order valence-corrected chi connectivity index (χ1v) is 7.20. The van der Waals surface area contributed by atoms with Gasteiger partial charge in [0, 0.05) is 17.6 Å². The molecule has 0 aliphatic rings. The Kier molecular flexibility index (Phi) is 4.98. The van der Waals surface area contributed by atoms with Gasteiger partial charge in [-0.3, -0.25) is 4.79 Å². The topological polar surface area (TPSA) is 67.2 Å². The lowest BCUT2D eigenvalue weighted by Crippen LogP contribution is -2.24. The van der Waals surface area contributed by atoms with Crippen molar-refractivity contribution < 1.29 is 5.11 Å². The molecule has 0 aliphatic heterocycles. The number of rotatable bonds is 5. The van der Waals surface area contributed by atoms with Crippen LogP contribution in [-0.4, -0.2) is 21.4 Å². The molecule has 0 fully saturated rings. The van der Waals surface area contributed by atoms with Gasteiger partial charge in [0.15, 0.2) is 0 Å². The molecule has 0 bridgehead atoms. The van der Waals surface area contributed by atoms with Crippen molar-refractivity contribution in [2.24, 2.45) is 0 Å². The standard InChI is InChI=1S/C15H18ClN3O2/c1-3-6-17-9-12-14(20)8-15(21)19(18-12)13-5-4-11(16)7-10(13)2/h4-5,7-8,17,20H,3,6,9H2,1-2H3. The zero-order chi connectivity index (χ0) is 15.4. The van der Waals surface area contributed by atoms with E-state index in [1.165, 1.54) is 10.7 Å². The third kappa shape index (κ3) is 3.62. The van der Waals surface area contributed by atoms with Gasteiger partial charge in [-0.1, -0.05) is 18.5 Å². The van der Waals surface area contributed by atoms with Gasteiger partial charge in [0.05, 0.1) is 5.69 Å². The van der Waals surface area contributed by atoms with Gasteiger partial charge in [-0.2, -0.15) is 9.78 Å². The summed E-state index contributed by atoms with van der Waals surface area (Å²) < 4.78 is 1.29. The van der Waals surface area contributed by atoms with E-state index < -0.39 is 0 Å². The van der Waals surface area contributed by atoms with Crippen molar-refractivity contribution in [1.29, 1.82) is 0 Å². The highest BCUT2D eigenvalue weighted by molar-refractivity contribution is 6.30. The average molecular weight is 308 g/mol. The Hall–Kier alpha value is -1.85. The molecule has 1 aromatic heterocycles. The SMILES string of the molecule is CCCNCc1nn(-c2ccc(Cl)cc2C)c(=O)cc1O. The van der Waals surface area contributed by atoms with E-state index in [1.807, 2.05) is 6.92 Å². The van der Waals surface area contributed by atoms with Gasteiger partial charge in [0.25, 0.3) is 5.56 Å². The molecule has 0 amide bonds. The molecule has 5 nitrogen and oxygen atoms in total. The Labute approximate surface area is 128 Å². The predicted octanol–water partition coefficient (Wildman–Crippen LogP) is 2.40. The first-order chi connectivity index (χ1) is 10.0. The summed E-state index contributed by atoms with van der Waals surface area (Å²) in [6, 6.07) is 6.41. The summed E-state index contributed by atoms with van der Waals surface area (Å²) in [6.07, 6.45) is 0.983. The van der Waals surface area contributed by atoms with Crippen LogP contribution in [0.4, 0.5) is 0 Å². The van der Waals surface area contributed by atoms with E-state index in [1.54, 1.807) is 18.2 Å². The highest BCUT2D eigenvalue weighted by atomic mass is 35.5. The second kappa shape index (κ2) is 6.74. The lowest BCUT2D eigenvalue weighted by Gasteiger charge is -2.11. The molecule has 0 radical (unpaired) electrons. The van der Waals surface area contributed by atoms with E-state index in [9.17, 15) is 9.90 Å². The Balaban J connectivity index is 2.43. The number of nitrogens with zero attached hydrogens (tertiary/aromatic N) is 2. The Bertz CT molecular complexity index is 698. The zero-order valence-corrected chi connectivity index (χ0v) is 12.8. The van der Waals surface area contributed by atoms with Crippen LogP contribution in [-0.2, 0) is 6.54 Å². The van der Waals surface area contributed by atoms with Crippen molar-refractivity contribution >= 4 is 11.6 Å². The molecule has 2 N–H and O–H groups in total. The number of nitrogens with one attached hydrogen (secondary N) is 1. The number of aromatic hydroxyl groups is 1. The fourth-order valence-corrected chi connectivity index (χ4v) is 2.25. The monoisotopic (exact) mass is 307 g/mol. The number of hydrogen-bond donors (Lipinski definition) is 2. The molecular formula is C15H18ClN3O2. The van der Waals surface area contributed by atoms with E-state index in [0.29, 0.717) is 22.9 Å². The van der Waals surface area contributed by atoms with Crippen molar-refractivity contribution in [3.8, 4) is 11.4 Å². The van der Waals surface area contributed by atoms with E-state index in [4.69, 9.17) is 11.6 Å². The first-order valence-electron chi connectivity index (χ1n) is 6.82. The zero-order valence-electron chi connectivity index (χ0n) is 12.1. The number of benzene rings is 1. The smallest absolute Gasteiger partial charge is 0.275 e. The number of halogens is 1. The molecule has 6 heteroatoms. The number of aromatic nitrogens is 2. The fraction of sp³-hybridized carbons (Fsp3) is 0.333. The van der Waals surface area contributed by atoms with Crippen LogP contribution in [0.5, 0.6) is 5.75 Å². The normalized spacial score (nSPS) is 10.8. The molecule has 1 aromatic carbocycles. The predicted molar refractivity (Wildman–Crippen MR) is 83.2 cm³/mol. The first kappa shape index (κ1) is 15.5. The molecule has 2 aromatic rings. The van der Waals surface area contributed by atoms with Crippen LogP contribution in [0.1, 0.15) is 24.6 Å². The van der Waals surface area contributed by atoms with Crippen LogP contribution in [0.3, 0.4) is 0 Å². The van der Waals surface area contributed by atoms with Crippen LogP contribution in [0.25, 0.3) is 5.69 Å². The molecule has 2 rings (SSSR count). The van der Waals surface area contributed by atoms with Crippen LogP contribution in [0.2, 0.25) is 5.02 Å². The molecule has 0 saturated carbocycles. The van der Waals surface area contributed by atoms with E-state index >= 15 is 0 Å². The van der Waals surface area contributed by atoms with Crippen molar-refractivity contribution in [1.82, 2.24) is 15.1 Å². The molecular weight excluding hydrogens is 290 g/mol. The highest BCUT2D eigenvalue weighted by Gasteiger charge is 2.11. The summed E-state index contributed by atoms with van der Waals surface area (Å²) in [4.78, 5) is 12.0. The summed E-state index contributed by atoms with van der Waals surface area (Å²) in [5, 5.41) is 17.9. The number of aryl methyl sites for hydroxylation is 1. The van der Waals surface area contributed by atoms with Gasteiger partial charge < -0.3 is 10.4 Å². The minimum atomic E-state index is -0.378. The van der Waals surface area contributed by atoms with Crippen molar-refractivity contribution in [2.75, 3.05) is 6.54 Å².